The second-order valence-electron chi connectivity index (χ2n) is 7.14. The van der Waals surface area contributed by atoms with E-state index < -0.39 is 19.9 Å². The number of anilines is 1. The maximum absolute atomic E-state index is 12.9. The van der Waals surface area contributed by atoms with Crippen molar-refractivity contribution in [3.05, 3.63) is 48.5 Å². The van der Waals surface area contributed by atoms with E-state index in [4.69, 9.17) is 4.74 Å². The average molecular weight is 453 g/mol. The monoisotopic (exact) mass is 452 g/mol. The first kappa shape index (κ1) is 22.3. The molecule has 2 aromatic carbocycles. The predicted molar refractivity (Wildman–Crippen MR) is 113 cm³/mol. The van der Waals surface area contributed by atoms with Gasteiger partial charge in [0, 0.05) is 31.0 Å². The van der Waals surface area contributed by atoms with Gasteiger partial charge in [-0.2, -0.15) is 4.31 Å². The van der Waals surface area contributed by atoms with Crippen molar-refractivity contribution in [3.8, 4) is 5.75 Å². The van der Waals surface area contributed by atoms with Gasteiger partial charge in [0.1, 0.15) is 5.75 Å². The van der Waals surface area contributed by atoms with Crippen LogP contribution < -0.4 is 10.1 Å². The number of piperidine rings is 1. The van der Waals surface area contributed by atoms with E-state index in [0.717, 1.165) is 6.26 Å². The van der Waals surface area contributed by atoms with Gasteiger partial charge in [-0.15, -0.1) is 0 Å². The lowest BCUT2D eigenvalue weighted by Gasteiger charge is -2.30. The van der Waals surface area contributed by atoms with Crippen LogP contribution in [-0.4, -0.2) is 53.5 Å². The number of sulfone groups is 1. The van der Waals surface area contributed by atoms with Gasteiger partial charge in [-0.3, -0.25) is 4.79 Å². The van der Waals surface area contributed by atoms with Crippen molar-refractivity contribution in [1.82, 2.24) is 4.31 Å². The Morgan fingerprint density at radius 2 is 1.60 bits per heavy atom. The number of methoxy groups -OCH3 is 1. The molecule has 0 atom stereocenters. The summed E-state index contributed by atoms with van der Waals surface area (Å²) in [6.07, 6.45) is 1.80. The molecule has 0 radical (unpaired) electrons. The van der Waals surface area contributed by atoms with E-state index in [1.807, 2.05) is 0 Å². The number of hydrogen-bond donors (Lipinski definition) is 1. The van der Waals surface area contributed by atoms with E-state index in [0.29, 0.717) is 24.3 Å². The molecule has 1 fully saturated rings. The number of nitrogens with zero attached hydrogens (tertiary/aromatic N) is 1. The molecule has 1 N–H and O–H groups in total. The molecular formula is C20H24N2O6S2. The van der Waals surface area contributed by atoms with Crippen molar-refractivity contribution in [2.75, 3.05) is 31.8 Å². The summed E-state index contributed by atoms with van der Waals surface area (Å²) in [5, 5.41) is 2.84. The summed E-state index contributed by atoms with van der Waals surface area (Å²) in [5.74, 6) is 0.226. The fourth-order valence-corrected chi connectivity index (χ4v) is 5.55. The van der Waals surface area contributed by atoms with Gasteiger partial charge in [0.25, 0.3) is 0 Å². The highest BCUT2D eigenvalue weighted by Gasteiger charge is 2.32. The van der Waals surface area contributed by atoms with E-state index >= 15 is 0 Å². The van der Waals surface area contributed by atoms with E-state index in [9.17, 15) is 21.6 Å². The lowest BCUT2D eigenvalue weighted by Crippen LogP contribution is -2.41. The van der Waals surface area contributed by atoms with E-state index in [1.165, 1.54) is 28.6 Å². The molecule has 0 spiro atoms. The Hall–Kier alpha value is -2.43. The molecule has 0 aromatic heterocycles. The van der Waals surface area contributed by atoms with Crippen LogP contribution in [0.15, 0.2) is 58.3 Å². The largest absolute Gasteiger partial charge is 0.497 e. The molecule has 10 heteroatoms. The summed E-state index contributed by atoms with van der Waals surface area (Å²) in [6.45, 7) is 0.373. The molecule has 0 aliphatic carbocycles. The van der Waals surface area contributed by atoms with Gasteiger partial charge in [-0.1, -0.05) is 6.07 Å². The number of carbonyl (C=O) groups excluding carboxylic acids is 1. The normalized spacial score (nSPS) is 16.2. The fraction of sp³-hybridized carbons (Fsp3) is 0.350. The molecule has 1 amide bonds. The van der Waals surface area contributed by atoms with Crippen LogP contribution in [0.4, 0.5) is 5.69 Å². The number of rotatable bonds is 6. The molecule has 2 aromatic rings. The maximum Gasteiger partial charge on any atom is 0.243 e. The molecule has 8 nitrogen and oxygen atoms in total. The highest BCUT2D eigenvalue weighted by Crippen LogP contribution is 2.26. The van der Waals surface area contributed by atoms with Crippen LogP contribution in [0.25, 0.3) is 0 Å². The van der Waals surface area contributed by atoms with Crippen molar-refractivity contribution in [3.63, 3.8) is 0 Å². The molecule has 0 bridgehead atoms. The van der Waals surface area contributed by atoms with Crippen molar-refractivity contribution < 1.29 is 26.4 Å². The zero-order valence-corrected chi connectivity index (χ0v) is 18.4. The third-order valence-electron chi connectivity index (χ3n) is 5.05. The number of ether oxygens (including phenoxy) is 1. The quantitative estimate of drug-likeness (QED) is 0.719. The van der Waals surface area contributed by atoms with Crippen molar-refractivity contribution in [2.24, 2.45) is 5.92 Å². The number of amides is 1. The van der Waals surface area contributed by atoms with Crippen LogP contribution in [0.2, 0.25) is 0 Å². The summed E-state index contributed by atoms with van der Waals surface area (Å²) in [7, 11) is -5.79. The third-order valence-corrected chi connectivity index (χ3v) is 8.06. The van der Waals surface area contributed by atoms with Crippen LogP contribution in [0.1, 0.15) is 12.8 Å². The maximum atomic E-state index is 12.9. The van der Waals surface area contributed by atoms with E-state index in [2.05, 4.69) is 5.32 Å². The Kier molecular flexibility index (Phi) is 6.49. The molecule has 1 heterocycles. The van der Waals surface area contributed by atoms with Crippen LogP contribution in [-0.2, 0) is 24.7 Å². The van der Waals surface area contributed by atoms with Crippen molar-refractivity contribution in [1.29, 1.82) is 0 Å². The molecule has 0 unspecified atom stereocenters. The lowest BCUT2D eigenvalue weighted by atomic mass is 9.97. The van der Waals surface area contributed by atoms with E-state index in [1.54, 1.807) is 31.4 Å². The van der Waals surface area contributed by atoms with Crippen LogP contribution in [0.3, 0.4) is 0 Å². The number of hydrogen-bond acceptors (Lipinski definition) is 6. The molecular weight excluding hydrogens is 428 g/mol. The second-order valence-corrected chi connectivity index (χ2v) is 11.1. The zero-order valence-electron chi connectivity index (χ0n) is 16.7. The SMILES string of the molecule is COc1ccc(NC(=O)C2CCN(S(=O)(=O)c3cccc(S(C)(=O)=O)c3)CC2)cc1. The summed E-state index contributed by atoms with van der Waals surface area (Å²) >= 11 is 0. The highest BCUT2D eigenvalue weighted by atomic mass is 32.2. The summed E-state index contributed by atoms with van der Waals surface area (Å²) < 4.78 is 55.7. The first-order chi connectivity index (χ1) is 14.1. The Morgan fingerprint density at radius 1 is 1.00 bits per heavy atom. The molecule has 1 saturated heterocycles. The number of nitrogens with one attached hydrogen (secondary N) is 1. The molecule has 1 aliphatic rings. The summed E-state index contributed by atoms with van der Waals surface area (Å²) in [6, 6.07) is 12.3. The van der Waals surface area contributed by atoms with Gasteiger partial charge < -0.3 is 10.1 Å². The molecule has 1 aliphatic heterocycles. The predicted octanol–water partition coefficient (Wildman–Crippen LogP) is 2.14. The van der Waals surface area contributed by atoms with Gasteiger partial charge >= 0.3 is 0 Å². The van der Waals surface area contributed by atoms with Crippen LogP contribution >= 0.6 is 0 Å². The topological polar surface area (TPSA) is 110 Å². The van der Waals surface area contributed by atoms with Crippen molar-refractivity contribution >= 4 is 31.5 Å². The highest BCUT2D eigenvalue weighted by molar-refractivity contribution is 7.91. The number of carbonyl (C=O) groups is 1. The molecule has 0 saturated carbocycles. The molecule has 30 heavy (non-hydrogen) atoms. The van der Waals surface area contributed by atoms with Gasteiger partial charge in [-0.25, -0.2) is 16.8 Å². The first-order valence-electron chi connectivity index (χ1n) is 9.36. The average Bonchev–Trinajstić information content (AvgIpc) is 2.74. The lowest BCUT2D eigenvalue weighted by molar-refractivity contribution is -0.120. The Labute approximate surface area is 176 Å². The summed E-state index contributed by atoms with van der Waals surface area (Å²) in [4.78, 5) is 12.4. The summed E-state index contributed by atoms with van der Waals surface area (Å²) in [5.41, 5.74) is 0.647. The van der Waals surface area contributed by atoms with E-state index in [-0.39, 0.29) is 34.7 Å². The Bertz CT molecular complexity index is 1120. The Morgan fingerprint density at radius 3 is 2.17 bits per heavy atom. The van der Waals surface area contributed by atoms with Crippen molar-refractivity contribution in [2.45, 2.75) is 22.6 Å². The minimum atomic E-state index is -3.84. The van der Waals surface area contributed by atoms with Crippen LogP contribution in [0, 0.1) is 5.92 Å². The molecule has 162 valence electrons. The Balaban J connectivity index is 1.65. The second kappa shape index (κ2) is 8.75. The standard InChI is InChI=1S/C20H24N2O6S2/c1-28-17-8-6-16(7-9-17)21-20(23)15-10-12-22(13-11-15)30(26,27)19-5-3-4-18(14-19)29(2,24)25/h3-9,14-15H,10-13H2,1-2H3,(H,21,23). The third kappa shape index (κ3) is 5.00. The minimum absolute atomic E-state index is 0.0441. The zero-order chi connectivity index (χ0) is 21.9. The van der Waals surface area contributed by atoms with Gasteiger partial charge in [-0.05, 0) is 55.3 Å². The fourth-order valence-electron chi connectivity index (χ4n) is 3.29. The van der Waals surface area contributed by atoms with Gasteiger partial charge in [0.15, 0.2) is 9.84 Å². The first-order valence-corrected chi connectivity index (χ1v) is 12.7. The van der Waals surface area contributed by atoms with Gasteiger partial charge in [0.2, 0.25) is 15.9 Å². The van der Waals surface area contributed by atoms with Gasteiger partial charge in [0.05, 0.1) is 16.9 Å². The number of sulfonamides is 1. The molecule has 3 rings (SSSR count). The smallest absolute Gasteiger partial charge is 0.243 e. The minimum Gasteiger partial charge on any atom is -0.497 e. The number of benzene rings is 2. The van der Waals surface area contributed by atoms with Crippen LogP contribution in [0.5, 0.6) is 5.75 Å².